The van der Waals surface area contributed by atoms with E-state index in [0.717, 1.165) is 49.1 Å². The van der Waals surface area contributed by atoms with Crippen LogP contribution in [0.3, 0.4) is 0 Å². The van der Waals surface area contributed by atoms with Crippen LogP contribution in [0.5, 0.6) is 0 Å². The Balaban J connectivity index is 0.00000300. The van der Waals surface area contributed by atoms with E-state index in [1.54, 1.807) is 19.2 Å². The molecule has 158 valence electrons. The Kier molecular flexibility index (Phi) is 8.94. The summed E-state index contributed by atoms with van der Waals surface area (Å²) in [4.78, 5) is 13.2. The summed E-state index contributed by atoms with van der Waals surface area (Å²) in [5, 5.41) is 6.84. The lowest BCUT2D eigenvalue weighted by atomic mass is 10.0. The van der Waals surface area contributed by atoms with Gasteiger partial charge in [-0.25, -0.2) is 9.37 Å². The van der Waals surface area contributed by atoms with Crippen LogP contribution in [0.15, 0.2) is 47.5 Å². The van der Waals surface area contributed by atoms with Crippen molar-refractivity contribution in [3.05, 3.63) is 54.0 Å². The van der Waals surface area contributed by atoms with Gasteiger partial charge in [-0.2, -0.15) is 0 Å². The van der Waals surface area contributed by atoms with E-state index in [2.05, 4.69) is 25.5 Å². The fraction of sp³-hybridized carbons (Fsp3) is 0.429. The summed E-state index contributed by atoms with van der Waals surface area (Å²) in [7, 11) is 5.74. The maximum atomic E-state index is 13.4. The molecule has 0 radical (unpaired) electrons. The molecule has 29 heavy (non-hydrogen) atoms. The molecular formula is C21H30FIN6. The molecule has 2 N–H and O–H groups in total. The third-order valence-corrected chi connectivity index (χ3v) is 4.92. The van der Waals surface area contributed by atoms with Crippen LogP contribution in [0.4, 0.5) is 15.9 Å². The van der Waals surface area contributed by atoms with Crippen molar-refractivity contribution in [2.75, 3.05) is 44.0 Å². The molecule has 1 aromatic heterocycles. The maximum absolute atomic E-state index is 13.4. The van der Waals surface area contributed by atoms with Gasteiger partial charge in [0.1, 0.15) is 11.6 Å². The highest BCUT2D eigenvalue weighted by atomic mass is 127. The number of aromatic nitrogens is 1. The van der Waals surface area contributed by atoms with E-state index < -0.39 is 0 Å². The van der Waals surface area contributed by atoms with Crippen LogP contribution < -0.4 is 20.4 Å². The molecule has 3 rings (SSSR count). The molecular weight excluding hydrogens is 482 g/mol. The van der Waals surface area contributed by atoms with Crippen LogP contribution in [-0.4, -0.2) is 51.2 Å². The topological polar surface area (TPSA) is 55.8 Å². The Morgan fingerprint density at radius 2 is 1.93 bits per heavy atom. The Hall–Kier alpha value is -2.10. The van der Waals surface area contributed by atoms with E-state index in [-0.39, 0.29) is 29.8 Å². The lowest BCUT2D eigenvalue weighted by Gasteiger charge is -2.34. The van der Waals surface area contributed by atoms with Crippen LogP contribution in [-0.2, 0) is 6.54 Å². The molecule has 0 saturated carbocycles. The van der Waals surface area contributed by atoms with Gasteiger partial charge in [0.25, 0.3) is 0 Å². The van der Waals surface area contributed by atoms with Gasteiger partial charge in [0.2, 0.25) is 0 Å². The van der Waals surface area contributed by atoms with Gasteiger partial charge in [-0.3, -0.25) is 4.99 Å². The van der Waals surface area contributed by atoms with Crippen molar-refractivity contribution in [3.63, 3.8) is 0 Å². The molecule has 1 aliphatic rings. The van der Waals surface area contributed by atoms with Crippen molar-refractivity contribution in [2.45, 2.75) is 25.4 Å². The first-order valence-corrected chi connectivity index (χ1v) is 9.66. The first-order valence-electron chi connectivity index (χ1n) is 9.66. The number of piperidine rings is 1. The minimum absolute atomic E-state index is 0. The first kappa shape index (κ1) is 23.2. The van der Waals surface area contributed by atoms with E-state index in [0.29, 0.717) is 12.6 Å². The number of benzene rings is 1. The molecule has 0 amide bonds. The summed E-state index contributed by atoms with van der Waals surface area (Å²) in [6.45, 7) is 2.40. The zero-order chi connectivity index (χ0) is 19.9. The summed E-state index contributed by atoms with van der Waals surface area (Å²) < 4.78 is 13.4. The average Bonchev–Trinajstić information content (AvgIpc) is 2.71. The van der Waals surface area contributed by atoms with E-state index in [9.17, 15) is 4.39 Å². The molecule has 1 fully saturated rings. The van der Waals surface area contributed by atoms with Crippen LogP contribution in [0.2, 0.25) is 0 Å². The van der Waals surface area contributed by atoms with Gasteiger partial charge in [0, 0.05) is 46.0 Å². The number of hydrogen-bond acceptors (Lipinski definition) is 4. The number of aliphatic imine (C=N–C) groups is 1. The average molecular weight is 512 g/mol. The lowest BCUT2D eigenvalue weighted by molar-refractivity contribution is 0.461. The standard InChI is InChI=1S/C21H29FN6.HI/c1-23-21(24-15-18-7-5-9-20(25-18)27(2)3)26-17-10-12-28(13-11-17)19-8-4-6-16(22)14-19;/h4-9,14,17H,10-13,15H2,1-3H3,(H2,23,24,26);1H. The SMILES string of the molecule is CN=C(NCc1cccc(N(C)C)n1)NC1CCN(c2cccc(F)c2)CC1.I. The third-order valence-electron chi connectivity index (χ3n) is 4.92. The predicted octanol–water partition coefficient (Wildman–Crippen LogP) is 3.24. The lowest BCUT2D eigenvalue weighted by Crippen LogP contribution is -2.48. The number of nitrogens with one attached hydrogen (secondary N) is 2. The van der Waals surface area contributed by atoms with Crippen LogP contribution in [0, 0.1) is 5.82 Å². The van der Waals surface area contributed by atoms with Crippen molar-refractivity contribution >= 4 is 41.4 Å². The minimum atomic E-state index is -0.186. The maximum Gasteiger partial charge on any atom is 0.191 e. The monoisotopic (exact) mass is 512 g/mol. The van der Waals surface area contributed by atoms with Gasteiger partial charge >= 0.3 is 0 Å². The smallest absolute Gasteiger partial charge is 0.191 e. The number of pyridine rings is 1. The van der Waals surface area contributed by atoms with E-state index in [1.165, 1.54) is 6.07 Å². The van der Waals surface area contributed by atoms with Crippen molar-refractivity contribution < 1.29 is 4.39 Å². The van der Waals surface area contributed by atoms with Crippen LogP contribution >= 0.6 is 24.0 Å². The zero-order valence-electron chi connectivity index (χ0n) is 17.2. The molecule has 0 bridgehead atoms. The summed E-state index contributed by atoms with van der Waals surface area (Å²) in [5.41, 5.74) is 1.92. The largest absolute Gasteiger partial charge is 0.371 e. The first-order chi connectivity index (χ1) is 13.5. The number of anilines is 2. The summed E-state index contributed by atoms with van der Waals surface area (Å²) in [6, 6.07) is 13.2. The van der Waals surface area contributed by atoms with Crippen LogP contribution in [0.1, 0.15) is 18.5 Å². The molecule has 0 aliphatic carbocycles. The van der Waals surface area contributed by atoms with Gasteiger partial charge in [-0.1, -0.05) is 12.1 Å². The zero-order valence-corrected chi connectivity index (χ0v) is 19.6. The van der Waals surface area contributed by atoms with Crippen molar-refractivity contribution in [2.24, 2.45) is 4.99 Å². The second-order valence-corrected chi connectivity index (χ2v) is 7.19. The van der Waals surface area contributed by atoms with Gasteiger partial charge in [-0.05, 0) is 43.2 Å². The second-order valence-electron chi connectivity index (χ2n) is 7.19. The number of rotatable bonds is 5. The Labute approximate surface area is 189 Å². The molecule has 8 heteroatoms. The molecule has 6 nitrogen and oxygen atoms in total. The second kappa shape index (κ2) is 11.2. The number of hydrogen-bond donors (Lipinski definition) is 2. The summed E-state index contributed by atoms with van der Waals surface area (Å²) in [6.07, 6.45) is 1.96. The molecule has 0 atom stereocenters. The highest BCUT2D eigenvalue weighted by molar-refractivity contribution is 14.0. The molecule has 1 saturated heterocycles. The Bertz CT molecular complexity index is 805. The van der Waals surface area contributed by atoms with Crippen molar-refractivity contribution in [1.29, 1.82) is 0 Å². The minimum Gasteiger partial charge on any atom is -0.371 e. The fourth-order valence-electron chi connectivity index (χ4n) is 3.33. The number of guanidine groups is 1. The summed E-state index contributed by atoms with van der Waals surface area (Å²) >= 11 is 0. The van der Waals surface area contributed by atoms with E-state index >= 15 is 0 Å². The highest BCUT2D eigenvalue weighted by Gasteiger charge is 2.20. The van der Waals surface area contributed by atoms with Gasteiger partial charge in [0.15, 0.2) is 5.96 Å². The van der Waals surface area contributed by atoms with Crippen molar-refractivity contribution in [3.8, 4) is 0 Å². The molecule has 2 aromatic rings. The number of halogens is 2. The highest BCUT2D eigenvalue weighted by Crippen LogP contribution is 2.20. The van der Waals surface area contributed by atoms with Crippen molar-refractivity contribution in [1.82, 2.24) is 15.6 Å². The van der Waals surface area contributed by atoms with Gasteiger partial charge in [-0.15, -0.1) is 24.0 Å². The molecule has 1 aromatic carbocycles. The third kappa shape index (κ3) is 6.73. The fourth-order valence-corrected chi connectivity index (χ4v) is 3.33. The van der Waals surface area contributed by atoms with Gasteiger partial charge in [0.05, 0.1) is 12.2 Å². The molecule has 0 unspecified atom stereocenters. The Morgan fingerprint density at radius 1 is 1.21 bits per heavy atom. The van der Waals surface area contributed by atoms with Crippen LogP contribution in [0.25, 0.3) is 0 Å². The molecule has 1 aliphatic heterocycles. The van der Waals surface area contributed by atoms with E-state index in [1.807, 2.05) is 43.3 Å². The Morgan fingerprint density at radius 3 is 2.59 bits per heavy atom. The summed E-state index contributed by atoms with van der Waals surface area (Å²) in [5.74, 6) is 1.53. The quantitative estimate of drug-likeness (QED) is 0.366. The van der Waals surface area contributed by atoms with Gasteiger partial charge < -0.3 is 20.4 Å². The number of nitrogens with zero attached hydrogens (tertiary/aromatic N) is 4. The normalized spacial score (nSPS) is 14.9. The molecule has 2 heterocycles. The molecule has 0 spiro atoms. The predicted molar refractivity (Wildman–Crippen MR) is 129 cm³/mol. The van der Waals surface area contributed by atoms with E-state index in [4.69, 9.17) is 0 Å².